The second-order valence-electron chi connectivity index (χ2n) is 5.07. The molecule has 3 aromatic rings. The first-order valence-electron chi connectivity index (χ1n) is 6.89. The lowest BCUT2D eigenvalue weighted by molar-refractivity contribution is 1.12. The van der Waals surface area contributed by atoms with Gasteiger partial charge in [0, 0.05) is 11.1 Å². The lowest BCUT2D eigenvalue weighted by Gasteiger charge is -2.11. The van der Waals surface area contributed by atoms with Crippen LogP contribution in [0.25, 0.3) is 22.6 Å². The molecule has 0 radical (unpaired) electrons. The molecule has 0 fully saturated rings. The topological polar surface area (TPSA) is 28.7 Å². The molecule has 0 spiro atoms. The van der Waals surface area contributed by atoms with Crippen LogP contribution in [-0.4, -0.2) is 9.97 Å². The second-order valence-corrected chi connectivity index (χ2v) is 5.46. The van der Waals surface area contributed by atoms with Crippen molar-refractivity contribution in [2.24, 2.45) is 0 Å². The van der Waals surface area contributed by atoms with Gasteiger partial charge in [0.15, 0.2) is 0 Å². The summed E-state index contributed by atoms with van der Waals surface area (Å²) in [5.74, 6) is 0.822. The molecule has 2 nitrogen and oxygen atoms in total. The van der Waals surface area contributed by atoms with E-state index in [9.17, 15) is 0 Å². The van der Waals surface area contributed by atoms with E-state index in [4.69, 9.17) is 12.2 Å². The van der Waals surface area contributed by atoms with Gasteiger partial charge < -0.3 is 4.98 Å². The van der Waals surface area contributed by atoms with Crippen LogP contribution in [0, 0.1) is 18.5 Å². The highest BCUT2D eigenvalue weighted by molar-refractivity contribution is 7.71. The van der Waals surface area contributed by atoms with Crippen molar-refractivity contribution in [3.8, 4) is 22.6 Å². The number of aromatic nitrogens is 2. The zero-order valence-electron chi connectivity index (χ0n) is 12.1. The third-order valence-electron chi connectivity index (χ3n) is 3.62. The number of aromatic amines is 1. The zero-order valence-corrected chi connectivity index (χ0v) is 12.9. The van der Waals surface area contributed by atoms with Crippen molar-refractivity contribution in [2.75, 3.05) is 0 Å². The fourth-order valence-electron chi connectivity index (χ4n) is 2.39. The van der Waals surface area contributed by atoms with Gasteiger partial charge in [-0.05, 0) is 25.0 Å². The molecule has 104 valence electrons. The maximum atomic E-state index is 5.44. The zero-order chi connectivity index (χ0) is 14.8. The molecule has 3 heteroatoms. The lowest BCUT2D eigenvalue weighted by atomic mass is 10.1. The number of hydrogen-bond acceptors (Lipinski definition) is 2. The van der Waals surface area contributed by atoms with Crippen molar-refractivity contribution < 1.29 is 0 Å². The van der Waals surface area contributed by atoms with E-state index in [1.54, 1.807) is 0 Å². The Bertz CT molecular complexity index is 835. The molecule has 0 saturated carbocycles. The molecular formula is C18H16N2S. The Balaban J connectivity index is 2.24. The van der Waals surface area contributed by atoms with Crippen molar-refractivity contribution in [2.45, 2.75) is 13.8 Å². The van der Waals surface area contributed by atoms with Crippen LogP contribution in [0.4, 0.5) is 0 Å². The molecule has 1 aromatic heterocycles. The molecule has 0 aliphatic carbocycles. The number of rotatable bonds is 2. The van der Waals surface area contributed by atoms with Gasteiger partial charge in [0.05, 0.1) is 5.69 Å². The molecule has 0 bridgehead atoms. The molecule has 0 amide bonds. The molecule has 3 rings (SSSR count). The average Bonchev–Trinajstić information content (AvgIpc) is 2.51. The summed E-state index contributed by atoms with van der Waals surface area (Å²) in [6.07, 6.45) is 0. The van der Waals surface area contributed by atoms with Crippen LogP contribution in [0.2, 0.25) is 0 Å². The Morgan fingerprint density at radius 2 is 1.57 bits per heavy atom. The number of hydrogen-bond donors (Lipinski definition) is 1. The predicted molar refractivity (Wildman–Crippen MR) is 89.8 cm³/mol. The number of nitrogens with one attached hydrogen (secondary N) is 1. The number of benzene rings is 2. The van der Waals surface area contributed by atoms with Crippen LogP contribution < -0.4 is 0 Å². The van der Waals surface area contributed by atoms with Crippen LogP contribution >= 0.6 is 12.2 Å². The van der Waals surface area contributed by atoms with Crippen LogP contribution in [-0.2, 0) is 0 Å². The maximum Gasteiger partial charge on any atom is 0.139 e. The van der Waals surface area contributed by atoms with Gasteiger partial charge in [0.2, 0.25) is 0 Å². The van der Waals surface area contributed by atoms with Crippen LogP contribution in [0.3, 0.4) is 0 Å². The minimum absolute atomic E-state index is 0.644. The van der Waals surface area contributed by atoms with Gasteiger partial charge in [-0.3, -0.25) is 0 Å². The number of aryl methyl sites for hydroxylation is 1. The smallest absolute Gasteiger partial charge is 0.139 e. The minimum atomic E-state index is 0.644. The third-order valence-corrected chi connectivity index (χ3v) is 4.01. The highest BCUT2D eigenvalue weighted by atomic mass is 32.1. The summed E-state index contributed by atoms with van der Waals surface area (Å²) in [6, 6.07) is 18.4. The third kappa shape index (κ3) is 2.65. The lowest BCUT2D eigenvalue weighted by Crippen LogP contribution is -1.98. The van der Waals surface area contributed by atoms with Crippen molar-refractivity contribution in [1.29, 1.82) is 0 Å². The summed E-state index contributed by atoms with van der Waals surface area (Å²) in [6.45, 7) is 4.09. The summed E-state index contributed by atoms with van der Waals surface area (Å²) in [7, 11) is 0. The maximum absolute atomic E-state index is 5.44. The summed E-state index contributed by atoms with van der Waals surface area (Å²) in [4.78, 5) is 8.00. The van der Waals surface area contributed by atoms with Gasteiger partial charge in [-0.2, -0.15) is 0 Å². The van der Waals surface area contributed by atoms with Gasteiger partial charge in [-0.1, -0.05) is 66.8 Å². The number of nitrogens with zero attached hydrogens (tertiary/aromatic N) is 1. The second kappa shape index (κ2) is 5.62. The molecule has 21 heavy (non-hydrogen) atoms. The highest BCUT2D eigenvalue weighted by Gasteiger charge is 2.09. The van der Waals surface area contributed by atoms with Gasteiger partial charge in [0.25, 0.3) is 0 Å². The van der Waals surface area contributed by atoms with Gasteiger partial charge in [-0.15, -0.1) is 0 Å². The fourth-order valence-corrected chi connectivity index (χ4v) is 2.59. The van der Waals surface area contributed by atoms with E-state index in [1.807, 2.05) is 37.3 Å². The monoisotopic (exact) mass is 292 g/mol. The predicted octanol–water partition coefficient (Wildman–Crippen LogP) is 5.09. The van der Waals surface area contributed by atoms with Gasteiger partial charge in [-0.25, -0.2) is 4.98 Å². The summed E-state index contributed by atoms with van der Waals surface area (Å²) in [5, 5.41) is 0. The Hall–Kier alpha value is -2.26. The Labute approximate surface area is 129 Å². The molecule has 0 atom stereocenters. The molecule has 2 aromatic carbocycles. The first-order valence-corrected chi connectivity index (χ1v) is 7.30. The normalized spacial score (nSPS) is 10.6. The van der Waals surface area contributed by atoms with E-state index >= 15 is 0 Å². The quantitative estimate of drug-likeness (QED) is 0.666. The van der Waals surface area contributed by atoms with Crippen LogP contribution in [0.5, 0.6) is 0 Å². The van der Waals surface area contributed by atoms with E-state index in [1.165, 1.54) is 5.56 Å². The average molecular weight is 292 g/mol. The fraction of sp³-hybridized carbons (Fsp3) is 0.111. The minimum Gasteiger partial charge on any atom is -0.339 e. The largest absolute Gasteiger partial charge is 0.339 e. The molecule has 0 aliphatic heterocycles. The standard InChI is InChI=1S/C18H16N2S/c1-12-8-6-7-11-15(12)17-19-16(13(2)18(21)20-17)14-9-4-3-5-10-14/h3-11H,1-2H3,(H,19,20,21). The van der Waals surface area contributed by atoms with Crippen molar-refractivity contribution in [3.05, 3.63) is 70.4 Å². The highest BCUT2D eigenvalue weighted by Crippen LogP contribution is 2.26. The summed E-state index contributed by atoms with van der Waals surface area (Å²) >= 11 is 5.44. The Morgan fingerprint density at radius 1 is 0.905 bits per heavy atom. The van der Waals surface area contributed by atoms with Crippen LogP contribution in [0.1, 0.15) is 11.1 Å². The van der Waals surface area contributed by atoms with E-state index in [-0.39, 0.29) is 0 Å². The molecule has 0 aliphatic rings. The van der Waals surface area contributed by atoms with Crippen molar-refractivity contribution in [3.63, 3.8) is 0 Å². The van der Waals surface area contributed by atoms with E-state index in [0.717, 1.165) is 28.2 Å². The molecular weight excluding hydrogens is 276 g/mol. The van der Waals surface area contributed by atoms with E-state index < -0.39 is 0 Å². The first kappa shape index (κ1) is 13.7. The first-order chi connectivity index (χ1) is 10.2. The van der Waals surface area contributed by atoms with Crippen molar-refractivity contribution >= 4 is 12.2 Å². The van der Waals surface area contributed by atoms with Crippen molar-refractivity contribution in [1.82, 2.24) is 9.97 Å². The van der Waals surface area contributed by atoms with E-state index in [2.05, 4.69) is 41.2 Å². The Kier molecular flexibility index (Phi) is 3.67. The van der Waals surface area contributed by atoms with Gasteiger partial charge in [0.1, 0.15) is 10.5 Å². The van der Waals surface area contributed by atoms with E-state index in [0.29, 0.717) is 4.64 Å². The Morgan fingerprint density at radius 3 is 2.29 bits per heavy atom. The number of H-pyrrole nitrogens is 1. The SMILES string of the molecule is Cc1ccccc1-c1nc(=S)c(C)c(-c2ccccc2)[nH]1. The molecule has 0 saturated heterocycles. The molecule has 1 heterocycles. The molecule has 1 N–H and O–H groups in total. The summed E-state index contributed by atoms with van der Waals surface area (Å²) in [5.41, 5.74) is 5.43. The molecule has 0 unspecified atom stereocenters. The summed E-state index contributed by atoms with van der Waals surface area (Å²) < 4.78 is 0.644. The van der Waals surface area contributed by atoms with Gasteiger partial charge >= 0.3 is 0 Å². The van der Waals surface area contributed by atoms with Crippen LogP contribution in [0.15, 0.2) is 54.6 Å².